The summed E-state index contributed by atoms with van der Waals surface area (Å²) >= 11 is 0. The first-order valence-corrected chi connectivity index (χ1v) is 7.95. The molecule has 2 aromatic carbocycles. The van der Waals surface area contributed by atoms with Gasteiger partial charge in [0.2, 0.25) is 0 Å². The smallest absolute Gasteiger partial charge is 0.263 e. The summed E-state index contributed by atoms with van der Waals surface area (Å²) in [4.78, 5) is 11.9. The number of carbonyl (C=O) groups is 1. The van der Waals surface area contributed by atoms with Gasteiger partial charge in [0.15, 0.2) is 18.2 Å². The average Bonchev–Trinajstić information content (AvgIpc) is 2.69. The van der Waals surface area contributed by atoms with E-state index in [1.165, 1.54) is 0 Å². The number of hydrogen-bond donors (Lipinski definition) is 2. The van der Waals surface area contributed by atoms with Gasteiger partial charge in [-0.2, -0.15) is 0 Å². The molecule has 0 radical (unpaired) electrons. The number of methoxy groups -OCH3 is 1. The van der Waals surface area contributed by atoms with Gasteiger partial charge in [0.1, 0.15) is 11.5 Å². The van der Waals surface area contributed by atoms with E-state index in [0.29, 0.717) is 17.4 Å². The van der Waals surface area contributed by atoms with E-state index in [4.69, 9.17) is 9.47 Å². The van der Waals surface area contributed by atoms with Gasteiger partial charge in [-0.15, -0.1) is 10.2 Å². The van der Waals surface area contributed by atoms with Crippen molar-refractivity contribution in [2.24, 2.45) is 0 Å². The number of nitrogens with one attached hydrogen (secondary N) is 2. The Morgan fingerprint density at radius 3 is 2.38 bits per heavy atom. The molecule has 0 aliphatic heterocycles. The van der Waals surface area contributed by atoms with Gasteiger partial charge in [-0.25, -0.2) is 0 Å². The molecule has 7 heteroatoms. The average molecular weight is 350 g/mol. The summed E-state index contributed by atoms with van der Waals surface area (Å²) in [6, 6.07) is 20.0. The largest absolute Gasteiger partial charge is 0.497 e. The molecule has 0 atom stereocenters. The molecule has 0 bridgehead atoms. The molecule has 0 spiro atoms. The minimum atomic E-state index is -0.309. The monoisotopic (exact) mass is 350 g/mol. The molecule has 3 rings (SSSR count). The standard InChI is InChI=1S/C19H18N4O3/c1-25-16-9-5-6-14(12-16)20-17-10-11-18(23-22-17)21-19(24)13-26-15-7-3-2-4-8-15/h2-12H,13H2,1H3,(H,20,22)(H,21,23,24). The fraction of sp³-hybridized carbons (Fsp3) is 0.105. The van der Waals surface area contributed by atoms with Crippen molar-refractivity contribution in [3.05, 3.63) is 66.7 Å². The third-order valence-electron chi connectivity index (χ3n) is 3.39. The summed E-state index contributed by atoms with van der Waals surface area (Å²) < 4.78 is 10.6. The number of nitrogens with zero attached hydrogens (tertiary/aromatic N) is 2. The lowest BCUT2D eigenvalue weighted by molar-refractivity contribution is -0.118. The fourth-order valence-corrected chi connectivity index (χ4v) is 2.16. The zero-order valence-electron chi connectivity index (χ0n) is 14.2. The summed E-state index contributed by atoms with van der Waals surface area (Å²) in [5.74, 6) is 1.97. The number of hydrogen-bond acceptors (Lipinski definition) is 6. The summed E-state index contributed by atoms with van der Waals surface area (Å²) in [5.41, 5.74) is 0.826. The normalized spacial score (nSPS) is 10.0. The molecule has 0 aliphatic carbocycles. The quantitative estimate of drug-likeness (QED) is 0.680. The van der Waals surface area contributed by atoms with Gasteiger partial charge in [0.25, 0.3) is 5.91 Å². The molecule has 1 heterocycles. The van der Waals surface area contributed by atoms with E-state index in [1.807, 2.05) is 42.5 Å². The number of para-hydroxylation sites is 1. The van der Waals surface area contributed by atoms with E-state index >= 15 is 0 Å². The molecule has 0 saturated carbocycles. The first-order valence-electron chi connectivity index (χ1n) is 7.95. The van der Waals surface area contributed by atoms with Crippen molar-refractivity contribution in [2.45, 2.75) is 0 Å². The lowest BCUT2D eigenvalue weighted by atomic mass is 10.3. The maximum Gasteiger partial charge on any atom is 0.263 e. The van der Waals surface area contributed by atoms with Crippen molar-refractivity contribution in [3.63, 3.8) is 0 Å². The van der Waals surface area contributed by atoms with Crippen LogP contribution in [0.25, 0.3) is 0 Å². The number of anilines is 3. The van der Waals surface area contributed by atoms with Crippen molar-refractivity contribution >= 4 is 23.2 Å². The zero-order valence-corrected chi connectivity index (χ0v) is 14.2. The Bertz CT molecular complexity index is 854. The van der Waals surface area contributed by atoms with Gasteiger partial charge >= 0.3 is 0 Å². The number of carbonyl (C=O) groups excluding carboxylic acids is 1. The Balaban J connectivity index is 1.53. The summed E-state index contributed by atoms with van der Waals surface area (Å²) in [5, 5.41) is 13.8. The van der Waals surface area contributed by atoms with Gasteiger partial charge in [-0.1, -0.05) is 24.3 Å². The van der Waals surface area contributed by atoms with Crippen LogP contribution in [0.5, 0.6) is 11.5 Å². The van der Waals surface area contributed by atoms with Crippen molar-refractivity contribution in [3.8, 4) is 11.5 Å². The zero-order chi connectivity index (χ0) is 18.2. The number of amides is 1. The molecule has 1 aromatic heterocycles. The Labute approximate surface area is 151 Å². The highest BCUT2D eigenvalue weighted by Crippen LogP contribution is 2.20. The Kier molecular flexibility index (Phi) is 5.61. The molecule has 132 valence electrons. The third kappa shape index (κ3) is 4.94. The lowest BCUT2D eigenvalue weighted by Gasteiger charge is -2.08. The van der Waals surface area contributed by atoms with Crippen LogP contribution in [-0.2, 0) is 4.79 Å². The second kappa shape index (κ2) is 8.48. The van der Waals surface area contributed by atoms with Crippen LogP contribution in [0.1, 0.15) is 0 Å². The molecule has 2 N–H and O–H groups in total. The molecule has 26 heavy (non-hydrogen) atoms. The van der Waals surface area contributed by atoms with Gasteiger partial charge in [-0.05, 0) is 36.4 Å². The van der Waals surface area contributed by atoms with E-state index in [1.54, 1.807) is 31.4 Å². The van der Waals surface area contributed by atoms with Crippen molar-refractivity contribution < 1.29 is 14.3 Å². The van der Waals surface area contributed by atoms with Gasteiger partial charge < -0.3 is 20.1 Å². The second-order valence-electron chi connectivity index (χ2n) is 5.31. The highest BCUT2D eigenvalue weighted by Gasteiger charge is 2.06. The van der Waals surface area contributed by atoms with Crippen LogP contribution >= 0.6 is 0 Å². The molecular formula is C19H18N4O3. The maximum absolute atomic E-state index is 11.9. The fourth-order valence-electron chi connectivity index (χ4n) is 2.16. The van der Waals surface area contributed by atoms with E-state index < -0.39 is 0 Å². The highest BCUT2D eigenvalue weighted by molar-refractivity contribution is 5.90. The molecule has 1 amide bonds. The van der Waals surface area contributed by atoms with Gasteiger partial charge in [0.05, 0.1) is 7.11 Å². The number of rotatable bonds is 7. The minimum Gasteiger partial charge on any atom is -0.497 e. The van der Waals surface area contributed by atoms with Crippen molar-refractivity contribution in [1.82, 2.24) is 10.2 Å². The predicted molar refractivity (Wildman–Crippen MR) is 98.9 cm³/mol. The summed E-state index contributed by atoms with van der Waals surface area (Å²) in [6.45, 7) is -0.102. The lowest BCUT2D eigenvalue weighted by Crippen LogP contribution is -2.21. The number of aromatic nitrogens is 2. The molecule has 0 unspecified atom stereocenters. The highest BCUT2D eigenvalue weighted by atomic mass is 16.5. The van der Waals surface area contributed by atoms with E-state index in [2.05, 4.69) is 20.8 Å². The number of ether oxygens (including phenoxy) is 2. The molecular weight excluding hydrogens is 332 g/mol. The second-order valence-corrected chi connectivity index (χ2v) is 5.31. The van der Waals surface area contributed by atoms with Gasteiger partial charge in [-0.3, -0.25) is 4.79 Å². The molecule has 3 aromatic rings. The predicted octanol–water partition coefficient (Wildman–Crippen LogP) is 3.25. The van der Waals surface area contributed by atoms with Crippen LogP contribution < -0.4 is 20.1 Å². The topological polar surface area (TPSA) is 85.4 Å². The molecule has 0 fully saturated rings. The Morgan fingerprint density at radius 1 is 0.923 bits per heavy atom. The summed E-state index contributed by atoms with van der Waals surface area (Å²) in [7, 11) is 1.61. The third-order valence-corrected chi connectivity index (χ3v) is 3.39. The Hall–Kier alpha value is -3.61. The van der Waals surface area contributed by atoms with E-state index in [-0.39, 0.29) is 12.5 Å². The van der Waals surface area contributed by atoms with Crippen LogP contribution in [0.15, 0.2) is 66.7 Å². The van der Waals surface area contributed by atoms with Crippen LogP contribution in [0.4, 0.5) is 17.3 Å². The van der Waals surface area contributed by atoms with Crippen molar-refractivity contribution in [1.29, 1.82) is 0 Å². The molecule has 0 aliphatic rings. The van der Waals surface area contributed by atoms with Crippen LogP contribution in [0.2, 0.25) is 0 Å². The van der Waals surface area contributed by atoms with E-state index in [9.17, 15) is 4.79 Å². The van der Waals surface area contributed by atoms with Crippen LogP contribution in [0.3, 0.4) is 0 Å². The van der Waals surface area contributed by atoms with Gasteiger partial charge in [0, 0.05) is 11.8 Å². The molecule has 7 nitrogen and oxygen atoms in total. The first-order chi connectivity index (χ1) is 12.7. The SMILES string of the molecule is COc1cccc(Nc2ccc(NC(=O)COc3ccccc3)nn2)c1. The van der Waals surface area contributed by atoms with E-state index in [0.717, 1.165) is 11.4 Å². The van der Waals surface area contributed by atoms with Crippen molar-refractivity contribution in [2.75, 3.05) is 24.4 Å². The minimum absolute atomic E-state index is 0.102. The molecule has 0 saturated heterocycles. The maximum atomic E-state index is 11.9. The summed E-state index contributed by atoms with van der Waals surface area (Å²) in [6.07, 6.45) is 0. The van der Waals surface area contributed by atoms with Crippen LogP contribution in [0, 0.1) is 0 Å². The first kappa shape index (κ1) is 17.2. The Morgan fingerprint density at radius 2 is 1.65 bits per heavy atom. The number of benzene rings is 2. The van der Waals surface area contributed by atoms with Crippen LogP contribution in [-0.4, -0.2) is 29.8 Å².